The number of benzene rings is 4. The first kappa shape index (κ1) is 17.7. The van der Waals surface area contributed by atoms with Crippen molar-refractivity contribution in [2.45, 2.75) is 18.8 Å². The second kappa shape index (κ2) is 7.53. The molecule has 0 spiro atoms. The molecule has 1 aliphatic heterocycles. The number of hydrogen-bond acceptors (Lipinski definition) is 3. The minimum Gasteiger partial charge on any atom is -0.488 e. The number of para-hydroxylation sites is 1. The van der Waals surface area contributed by atoms with Crippen molar-refractivity contribution in [2.24, 2.45) is 0 Å². The fraction of sp³-hybridized carbons (Fsp3) is 0.115. The zero-order valence-electron chi connectivity index (χ0n) is 15.8. The molecule has 1 saturated heterocycles. The van der Waals surface area contributed by atoms with Gasteiger partial charge in [-0.15, -0.1) is 0 Å². The van der Waals surface area contributed by atoms with Crippen LogP contribution in [0.15, 0.2) is 97.1 Å². The van der Waals surface area contributed by atoms with Crippen LogP contribution in [0.3, 0.4) is 0 Å². The lowest BCUT2D eigenvalue weighted by molar-refractivity contribution is 0.0949. The molecule has 0 saturated carbocycles. The Bertz CT molecular complexity index is 1170. The second-order valence-corrected chi connectivity index (χ2v) is 7.22. The van der Waals surface area contributed by atoms with Crippen LogP contribution >= 0.6 is 0 Å². The molecule has 29 heavy (non-hydrogen) atoms. The van der Waals surface area contributed by atoms with Crippen LogP contribution in [0, 0.1) is 0 Å². The van der Waals surface area contributed by atoms with E-state index in [9.17, 15) is 4.79 Å². The van der Waals surface area contributed by atoms with Crippen molar-refractivity contribution in [3.8, 4) is 5.75 Å². The summed E-state index contributed by atoms with van der Waals surface area (Å²) in [7, 11) is 0. The number of carbonyl (C=O) groups is 1. The van der Waals surface area contributed by atoms with Crippen molar-refractivity contribution in [3.05, 3.63) is 114 Å². The molecule has 2 atom stereocenters. The van der Waals surface area contributed by atoms with Crippen molar-refractivity contribution < 1.29 is 14.3 Å². The molecule has 1 heterocycles. The third-order valence-electron chi connectivity index (χ3n) is 5.24. The van der Waals surface area contributed by atoms with E-state index in [-0.39, 0.29) is 11.9 Å². The quantitative estimate of drug-likeness (QED) is 0.316. The molecule has 142 valence electrons. The Hall–Kier alpha value is -3.43. The van der Waals surface area contributed by atoms with Crippen LogP contribution in [-0.2, 0) is 11.3 Å². The first-order valence-corrected chi connectivity index (χ1v) is 9.74. The lowest BCUT2D eigenvalue weighted by Gasteiger charge is -2.10. The van der Waals surface area contributed by atoms with E-state index in [0.717, 1.165) is 16.5 Å². The molecule has 0 unspecified atom stereocenters. The van der Waals surface area contributed by atoms with E-state index >= 15 is 0 Å². The van der Waals surface area contributed by atoms with E-state index in [1.807, 2.05) is 72.8 Å². The Balaban J connectivity index is 1.33. The maximum absolute atomic E-state index is 13.1. The Morgan fingerprint density at radius 3 is 2.38 bits per heavy atom. The molecule has 0 amide bonds. The summed E-state index contributed by atoms with van der Waals surface area (Å²) >= 11 is 0. The number of rotatable bonds is 6. The fourth-order valence-electron chi connectivity index (χ4n) is 3.63. The lowest BCUT2D eigenvalue weighted by atomic mass is 10.00. The topological polar surface area (TPSA) is 38.8 Å². The zero-order chi connectivity index (χ0) is 19.6. The predicted molar refractivity (Wildman–Crippen MR) is 113 cm³/mol. The van der Waals surface area contributed by atoms with E-state index in [2.05, 4.69) is 24.3 Å². The number of hydrogen-bond donors (Lipinski definition) is 0. The number of fused-ring (bicyclic) bond motifs is 1. The van der Waals surface area contributed by atoms with Crippen LogP contribution < -0.4 is 4.74 Å². The van der Waals surface area contributed by atoms with Gasteiger partial charge in [0.05, 0.1) is 5.56 Å². The highest BCUT2D eigenvalue weighted by molar-refractivity contribution is 6.03. The minimum absolute atomic E-state index is 0.0354. The van der Waals surface area contributed by atoms with Crippen LogP contribution in [0.25, 0.3) is 10.8 Å². The van der Waals surface area contributed by atoms with Crippen molar-refractivity contribution in [2.75, 3.05) is 0 Å². The van der Waals surface area contributed by atoms with Crippen molar-refractivity contribution in [1.29, 1.82) is 0 Å². The van der Waals surface area contributed by atoms with Crippen LogP contribution in [0.4, 0.5) is 0 Å². The van der Waals surface area contributed by atoms with Gasteiger partial charge in [-0.05, 0) is 40.1 Å². The van der Waals surface area contributed by atoms with Crippen LogP contribution in [-0.4, -0.2) is 11.9 Å². The third-order valence-corrected chi connectivity index (χ3v) is 5.24. The van der Waals surface area contributed by atoms with E-state index in [0.29, 0.717) is 17.9 Å². The maximum Gasteiger partial charge on any atom is 0.198 e. The predicted octanol–water partition coefficient (Wildman–Crippen LogP) is 5.74. The van der Waals surface area contributed by atoms with Gasteiger partial charge in [0.25, 0.3) is 0 Å². The summed E-state index contributed by atoms with van der Waals surface area (Å²) in [5, 5.41) is 2.33. The van der Waals surface area contributed by atoms with Crippen LogP contribution in [0.5, 0.6) is 5.75 Å². The Morgan fingerprint density at radius 1 is 0.793 bits per heavy atom. The molecular weight excluding hydrogens is 360 g/mol. The van der Waals surface area contributed by atoms with E-state index in [1.54, 1.807) is 0 Å². The fourth-order valence-corrected chi connectivity index (χ4v) is 3.63. The van der Waals surface area contributed by atoms with Gasteiger partial charge in [0.1, 0.15) is 18.5 Å². The van der Waals surface area contributed by atoms with E-state index < -0.39 is 6.10 Å². The van der Waals surface area contributed by atoms with Crippen molar-refractivity contribution >= 4 is 16.6 Å². The average Bonchev–Trinajstić information content (AvgIpc) is 3.59. The Morgan fingerprint density at radius 2 is 1.52 bits per heavy atom. The third kappa shape index (κ3) is 3.65. The van der Waals surface area contributed by atoms with Gasteiger partial charge < -0.3 is 9.47 Å². The molecule has 3 nitrogen and oxygen atoms in total. The van der Waals surface area contributed by atoms with Gasteiger partial charge >= 0.3 is 0 Å². The molecule has 0 N–H and O–H groups in total. The number of ether oxygens (including phenoxy) is 2. The van der Waals surface area contributed by atoms with Crippen LogP contribution in [0.2, 0.25) is 0 Å². The summed E-state index contributed by atoms with van der Waals surface area (Å²) < 4.78 is 11.7. The number of epoxide rings is 1. The van der Waals surface area contributed by atoms with Gasteiger partial charge in [-0.1, -0.05) is 78.9 Å². The average molecular weight is 380 g/mol. The molecule has 1 fully saturated rings. The molecule has 0 aromatic heterocycles. The largest absolute Gasteiger partial charge is 0.488 e. The summed E-state index contributed by atoms with van der Waals surface area (Å²) in [6, 6.07) is 31.7. The summed E-state index contributed by atoms with van der Waals surface area (Å²) in [5.74, 6) is 0.556. The molecule has 0 aliphatic carbocycles. The van der Waals surface area contributed by atoms with E-state index in [1.165, 1.54) is 5.39 Å². The summed E-state index contributed by atoms with van der Waals surface area (Å²) in [4.78, 5) is 13.1. The molecule has 0 bridgehead atoms. The molecule has 5 rings (SSSR count). The van der Waals surface area contributed by atoms with E-state index in [4.69, 9.17) is 9.47 Å². The Kier molecular flexibility index (Phi) is 4.59. The monoisotopic (exact) mass is 380 g/mol. The summed E-state index contributed by atoms with van der Waals surface area (Å²) in [6.07, 6.45) is -0.660. The molecular formula is C26H20O3. The Labute approximate surface area is 169 Å². The SMILES string of the molecule is O=C(c1ccccc1OCc1ccccc1)[C@@H]1O[C@H]1c1ccc2ccccc2c1. The molecule has 4 aromatic rings. The van der Waals surface area contributed by atoms with Gasteiger partial charge in [0, 0.05) is 0 Å². The van der Waals surface area contributed by atoms with Crippen molar-refractivity contribution in [1.82, 2.24) is 0 Å². The lowest BCUT2D eigenvalue weighted by Crippen LogP contribution is -2.10. The van der Waals surface area contributed by atoms with Crippen molar-refractivity contribution in [3.63, 3.8) is 0 Å². The second-order valence-electron chi connectivity index (χ2n) is 7.22. The number of Topliss-reactive ketones (excluding diaryl/α,β-unsaturated/α-hetero) is 1. The molecule has 1 aliphatic rings. The molecule has 0 radical (unpaired) electrons. The normalized spacial score (nSPS) is 17.8. The maximum atomic E-state index is 13.1. The van der Waals surface area contributed by atoms with Gasteiger partial charge in [-0.25, -0.2) is 0 Å². The molecule has 3 heteroatoms. The summed E-state index contributed by atoms with van der Waals surface area (Å²) in [5.41, 5.74) is 2.66. The smallest absolute Gasteiger partial charge is 0.198 e. The van der Waals surface area contributed by atoms with Gasteiger partial charge in [0.2, 0.25) is 0 Å². The number of carbonyl (C=O) groups excluding carboxylic acids is 1. The first-order valence-electron chi connectivity index (χ1n) is 9.74. The summed E-state index contributed by atoms with van der Waals surface area (Å²) in [6.45, 7) is 0.421. The molecule has 4 aromatic carbocycles. The number of ketones is 1. The zero-order valence-corrected chi connectivity index (χ0v) is 15.8. The first-order chi connectivity index (χ1) is 14.3. The van der Waals surface area contributed by atoms with Gasteiger partial charge in [-0.3, -0.25) is 4.79 Å². The highest BCUT2D eigenvalue weighted by atomic mass is 16.6. The standard InChI is InChI=1S/C26H20O3/c27-24(22-12-6-7-13-23(22)28-17-18-8-2-1-3-9-18)26-25(29-26)21-15-14-19-10-4-5-11-20(19)16-21/h1-16,25-26H,17H2/t25-,26-/m0/s1. The highest BCUT2D eigenvalue weighted by Crippen LogP contribution is 2.42. The van der Waals surface area contributed by atoms with Crippen LogP contribution in [0.1, 0.15) is 27.6 Å². The minimum atomic E-state index is -0.461. The highest BCUT2D eigenvalue weighted by Gasteiger charge is 2.46. The van der Waals surface area contributed by atoms with Gasteiger partial charge in [-0.2, -0.15) is 0 Å². The van der Waals surface area contributed by atoms with Gasteiger partial charge in [0.15, 0.2) is 11.9 Å².